The molecule has 1 heterocycles. The van der Waals surface area contributed by atoms with Gasteiger partial charge in [-0.2, -0.15) is 0 Å². The Bertz CT molecular complexity index is 1070. The number of nitrogens with zero attached hydrogens (tertiary/aromatic N) is 2. The minimum Gasteiger partial charge on any atom is -0.332 e. The second-order valence-electron chi connectivity index (χ2n) is 6.92. The molecule has 10 heteroatoms. The van der Waals surface area contributed by atoms with Crippen molar-refractivity contribution in [1.82, 2.24) is 4.31 Å². The molecule has 1 aliphatic heterocycles. The van der Waals surface area contributed by atoms with Gasteiger partial charge in [0.2, 0.25) is 21.8 Å². The molecule has 0 saturated carbocycles. The summed E-state index contributed by atoms with van der Waals surface area (Å²) in [5.74, 6) is -0.395. The minimum atomic E-state index is -3.55. The summed E-state index contributed by atoms with van der Waals surface area (Å²) < 4.78 is 25.7. The summed E-state index contributed by atoms with van der Waals surface area (Å²) in [6.45, 7) is 0. The third-order valence-electron chi connectivity index (χ3n) is 4.53. The van der Waals surface area contributed by atoms with Crippen molar-refractivity contribution in [3.63, 3.8) is 0 Å². The van der Waals surface area contributed by atoms with Gasteiger partial charge >= 0.3 is 0 Å². The summed E-state index contributed by atoms with van der Waals surface area (Å²) in [6, 6.07) is 13.1. The van der Waals surface area contributed by atoms with E-state index >= 15 is 0 Å². The zero-order valence-electron chi connectivity index (χ0n) is 16.6. The van der Waals surface area contributed by atoms with E-state index < -0.39 is 10.0 Å². The van der Waals surface area contributed by atoms with E-state index in [1.807, 2.05) is 0 Å². The van der Waals surface area contributed by atoms with Crippen molar-refractivity contribution in [2.45, 2.75) is 24.2 Å². The van der Waals surface area contributed by atoms with Gasteiger partial charge in [0.05, 0.1) is 10.6 Å². The van der Waals surface area contributed by atoms with Crippen LogP contribution in [0.25, 0.3) is 0 Å². The highest BCUT2D eigenvalue weighted by Crippen LogP contribution is 2.24. The van der Waals surface area contributed by atoms with Crippen molar-refractivity contribution in [3.8, 4) is 0 Å². The molecular weight excluding hydrogens is 424 g/mol. The van der Waals surface area contributed by atoms with Crippen LogP contribution in [0.3, 0.4) is 0 Å². The van der Waals surface area contributed by atoms with E-state index in [0.717, 1.165) is 4.31 Å². The lowest BCUT2D eigenvalue weighted by molar-refractivity contribution is -0.129. The van der Waals surface area contributed by atoms with E-state index in [1.165, 1.54) is 31.1 Å². The quantitative estimate of drug-likeness (QED) is 0.538. The number of rotatable bonds is 5. The van der Waals surface area contributed by atoms with E-state index in [-0.39, 0.29) is 21.8 Å². The average molecular weight is 447 g/mol. The second-order valence-corrected chi connectivity index (χ2v) is 9.48. The van der Waals surface area contributed by atoms with Gasteiger partial charge in [0.15, 0.2) is 5.11 Å². The number of imide groups is 1. The van der Waals surface area contributed by atoms with Crippen LogP contribution in [-0.2, 0) is 19.6 Å². The highest BCUT2D eigenvalue weighted by molar-refractivity contribution is 7.89. The molecule has 0 atom stereocenters. The number of sulfonamides is 1. The Morgan fingerprint density at radius 1 is 0.967 bits per heavy atom. The van der Waals surface area contributed by atoms with Gasteiger partial charge < -0.3 is 10.6 Å². The second kappa shape index (κ2) is 8.90. The summed E-state index contributed by atoms with van der Waals surface area (Å²) >= 11 is 5.30. The number of amides is 2. The molecule has 0 unspecified atom stereocenters. The summed E-state index contributed by atoms with van der Waals surface area (Å²) in [5.41, 5.74) is 1.71. The molecule has 1 saturated heterocycles. The molecule has 2 N–H and O–H groups in total. The van der Waals surface area contributed by atoms with E-state index in [9.17, 15) is 18.0 Å². The number of carbonyl (C=O) groups is 2. The van der Waals surface area contributed by atoms with E-state index in [4.69, 9.17) is 12.2 Å². The number of thiocarbonyl (C=S) groups is 1. The molecule has 0 bridgehead atoms. The molecule has 2 amide bonds. The Morgan fingerprint density at radius 2 is 1.57 bits per heavy atom. The van der Waals surface area contributed by atoms with Gasteiger partial charge in [-0.25, -0.2) is 12.7 Å². The number of carbonyl (C=O) groups excluding carboxylic acids is 2. The first-order valence-corrected chi connectivity index (χ1v) is 11.1. The lowest BCUT2D eigenvalue weighted by Gasteiger charge is -2.25. The van der Waals surface area contributed by atoms with Crippen LogP contribution in [0.4, 0.5) is 17.1 Å². The van der Waals surface area contributed by atoms with Gasteiger partial charge in [0.25, 0.3) is 0 Å². The third-order valence-corrected chi connectivity index (χ3v) is 6.55. The van der Waals surface area contributed by atoms with Crippen LogP contribution in [-0.4, -0.2) is 43.7 Å². The molecule has 30 heavy (non-hydrogen) atoms. The molecule has 0 aliphatic carbocycles. The highest BCUT2D eigenvalue weighted by atomic mass is 32.2. The van der Waals surface area contributed by atoms with Crippen LogP contribution < -0.4 is 15.5 Å². The third kappa shape index (κ3) is 4.84. The molecule has 0 aromatic heterocycles. The topological polar surface area (TPSA) is 98.8 Å². The van der Waals surface area contributed by atoms with Crippen LogP contribution in [0.1, 0.15) is 19.3 Å². The fourth-order valence-electron chi connectivity index (χ4n) is 2.97. The number of piperidine rings is 1. The van der Waals surface area contributed by atoms with Gasteiger partial charge in [0.1, 0.15) is 0 Å². The molecule has 0 spiro atoms. The first kappa shape index (κ1) is 21.9. The summed E-state index contributed by atoms with van der Waals surface area (Å²) in [7, 11) is -0.612. The summed E-state index contributed by atoms with van der Waals surface area (Å²) in [5, 5.41) is 6.22. The van der Waals surface area contributed by atoms with E-state index in [0.29, 0.717) is 36.3 Å². The number of benzene rings is 2. The predicted octanol–water partition coefficient (Wildman–Crippen LogP) is 2.79. The smallest absolute Gasteiger partial charge is 0.242 e. The lowest BCUT2D eigenvalue weighted by Crippen LogP contribution is -2.40. The molecular formula is C20H22N4O4S2. The fraction of sp³-hybridized carbons (Fsp3) is 0.250. The molecule has 3 rings (SSSR count). The molecule has 0 radical (unpaired) electrons. The largest absolute Gasteiger partial charge is 0.332 e. The first-order chi connectivity index (χ1) is 14.2. The van der Waals surface area contributed by atoms with Crippen molar-refractivity contribution in [1.29, 1.82) is 0 Å². The van der Waals surface area contributed by atoms with Gasteiger partial charge in [-0.3, -0.25) is 14.5 Å². The SMILES string of the molecule is CN(C)S(=O)(=O)c1cccc(NC(=S)Nc2ccc(N3C(=O)CCCC3=O)cc2)c1. The van der Waals surface area contributed by atoms with Gasteiger partial charge in [-0.1, -0.05) is 6.07 Å². The van der Waals surface area contributed by atoms with Crippen LogP contribution in [0.15, 0.2) is 53.4 Å². The normalized spacial score (nSPS) is 14.7. The van der Waals surface area contributed by atoms with Crippen LogP contribution in [0, 0.1) is 0 Å². The maximum atomic E-state index is 12.3. The maximum Gasteiger partial charge on any atom is 0.242 e. The zero-order chi connectivity index (χ0) is 21.9. The first-order valence-electron chi connectivity index (χ1n) is 9.25. The molecule has 2 aromatic carbocycles. The number of hydrogen-bond acceptors (Lipinski definition) is 5. The summed E-state index contributed by atoms with van der Waals surface area (Å²) in [4.78, 5) is 25.4. The Kier molecular flexibility index (Phi) is 6.49. The number of hydrogen-bond donors (Lipinski definition) is 2. The lowest BCUT2D eigenvalue weighted by atomic mass is 10.1. The Morgan fingerprint density at radius 3 is 2.17 bits per heavy atom. The number of nitrogens with one attached hydrogen (secondary N) is 2. The van der Waals surface area contributed by atoms with Crippen LogP contribution in [0.5, 0.6) is 0 Å². The summed E-state index contributed by atoms with van der Waals surface area (Å²) in [6.07, 6.45) is 1.31. The Hall–Kier alpha value is -2.82. The Labute approximate surface area is 180 Å². The van der Waals surface area contributed by atoms with Gasteiger partial charge in [-0.15, -0.1) is 0 Å². The van der Waals surface area contributed by atoms with Gasteiger partial charge in [0, 0.05) is 38.3 Å². The molecule has 2 aromatic rings. The molecule has 1 aliphatic rings. The molecule has 8 nitrogen and oxygen atoms in total. The monoisotopic (exact) mass is 446 g/mol. The average Bonchev–Trinajstić information content (AvgIpc) is 2.69. The van der Waals surface area contributed by atoms with E-state index in [2.05, 4.69) is 10.6 Å². The zero-order valence-corrected chi connectivity index (χ0v) is 18.2. The Balaban J connectivity index is 1.67. The maximum absolute atomic E-state index is 12.3. The van der Waals surface area contributed by atoms with Crippen molar-refractivity contribution in [2.24, 2.45) is 0 Å². The van der Waals surface area contributed by atoms with Gasteiger partial charge in [-0.05, 0) is 61.1 Å². The fourth-order valence-corrected chi connectivity index (χ4v) is 4.16. The standard InChI is InChI=1S/C20H22N4O4S2/c1-23(2)30(27,28)17-6-3-5-15(13-17)22-20(29)21-14-9-11-16(12-10-14)24-18(25)7-4-8-19(24)26/h3,5-6,9-13H,4,7-8H2,1-2H3,(H2,21,22,29). The minimum absolute atomic E-state index is 0.153. The van der Waals surface area contributed by atoms with Crippen molar-refractivity contribution in [2.75, 3.05) is 29.6 Å². The molecule has 158 valence electrons. The van der Waals surface area contributed by atoms with E-state index in [1.54, 1.807) is 36.4 Å². The predicted molar refractivity (Wildman–Crippen MR) is 120 cm³/mol. The molecule has 1 fully saturated rings. The van der Waals surface area contributed by atoms with Crippen molar-refractivity contribution >= 4 is 56.2 Å². The van der Waals surface area contributed by atoms with Crippen LogP contribution >= 0.6 is 12.2 Å². The highest BCUT2D eigenvalue weighted by Gasteiger charge is 2.27. The number of anilines is 3. The van der Waals surface area contributed by atoms with Crippen molar-refractivity contribution in [3.05, 3.63) is 48.5 Å². The van der Waals surface area contributed by atoms with Crippen LogP contribution in [0.2, 0.25) is 0 Å². The van der Waals surface area contributed by atoms with Crippen molar-refractivity contribution < 1.29 is 18.0 Å².